The van der Waals surface area contributed by atoms with Crippen molar-refractivity contribution in [2.75, 3.05) is 5.32 Å². The highest BCUT2D eigenvalue weighted by molar-refractivity contribution is 9.10. The molecule has 2 rings (SSSR count). The van der Waals surface area contributed by atoms with Crippen LogP contribution in [0.15, 0.2) is 40.9 Å². The van der Waals surface area contributed by atoms with Gasteiger partial charge in [0.1, 0.15) is 5.75 Å². The SMILES string of the molecule is Cc1cc(C)c(O)c(NC(=S)NC(=O)c2ccccc2Br)c1. The topological polar surface area (TPSA) is 61.4 Å². The van der Waals surface area contributed by atoms with Gasteiger partial charge < -0.3 is 10.4 Å². The van der Waals surface area contributed by atoms with E-state index >= 15 is 0 Å². The second-order valence-electron chi connectivity index (χ2n) is 4.87. The van der Waals surface area contributed by atoms with Gasteiger partial charge in [0.15, 0.2) is 5.11 Å². The summed E-state index contributed by atoms with van der Waals surface area (Å²) in [5.74, 6) is -0.211. The summed E-state index contributed by atoms with van der Waals surface area (Å²) in [6, 6.07) is 10.7. The molecule has 1 amide bonds. The van der Waals surface area contributed by atoms with E-state index in [4.69, 9.17) is 12.2 Å². The summed E-state index contributed by atoms with van der Waals surface area (Å²) in [6.07, 6.45) is 0. The highest BCUT2D eigenvalue weighted by Gasteiger charge is 2.12. The van der Waals surface area contributed by atoms with Crippen molar-refractivity contribution in [1.29, 1.82) is 0 Å². The van der Waals surface area contributed by atoms with E-state index in [0.29, 0.717) is 15.7 Å². The van der Waals surface area contributed by atoms with Gasteiger partial charge in [0.05, 0.1) is 11.3 Å². The Bertz CT molecular complexity index is 747. The zero-order chi connectivity index (χ0) is 16.3. The van der Waals surface area contributed by atoms with Crippen LogP contribution in [0.2, 0.25) is 0 Å². The van der Waals surface area contributed by atoms with Crippen molar-refractivity contribution >= 4 is 44.9 Å². The largest absolute Gasteiger partial charge is 0.505 e. The molecule has 0 aliphatic rings. The van der Waals surface area contributed by atoms with Gasteiger partial charge in [0, 0.05) is 4.47 Å². The molecule has 0 unspecified atom stereocenters. The van der Waals surface area contributed by atoms with Crippen LogP contribution in [0.1, 0.15) is 21.5 Å². The molecule has 3 N–H and O–H groups in total. The lowest BCUT2D eigenvalue weighted by molar-refractivity contribution is 0.0977. The molecule has 2 aromatic rings. The second-order valence-corrected chi connectivity index (χ2v) is 6.13. The summed E-state index contributed by atoms with van der Waals surface area (Å²) < 4.78 is 0.685. The first-order valence-electron chi connectivity index (χ1n) is 6.55. The summed E-state index contributed by atoms with van der Waals surface area (Å²) in [5.41, 5.74) is 2.67. The lowest BCUT2D eigenvalue weighted by Crippen LogP contribution is -2.34. The van der Waals surface area contributed by atoms with E-state index in [2.05, 4.69) is 26.6 Å². The first-order chi connectivity index (χ1) is 10.4. The number of anilines is 1. The summed E-state index contributed by atoms with van der Waals surface area (Å²) in [7, 11) is 0. The number of rotatable bonds is 2. The van der Waals surface area contributed by atoms with Crippen molar-refractivity contribution in [2.45, 2.75) is 13.8 Å². The normalized spacial score (nSPS) is 10.1. The minimum Gasteiger partial charge on any atom is -0.505 e. The van der Waals surface area contributed by atoms with E-state index in [1.54, 1.807) is 31.2 Å². The van der Waals surface area contributed by atoms with Gasteiger partial charge in [0.25, 0.3) is 5.91 Å². The maximum Gasteiger partial charge on any atom is 0.258 e. The van der Waals surface area contributed by atoms with Gasteiger partial charge in [-0.25, -0.2) is 0 Å². The average Bonchev–Trinajstić information content (AvgIpc) is 2.44. The van der Waals surface area contributed by atoms with Crippen molar-refractivity contribution < 1.29 is 9.90 Å². The van der Waals surface area contributed by atoms with Crippen molar-refractivity contribution in [3.05, 3.63) is 57.6 Å². The Morgan fingerprint density at radius 2 is 1.91 bits per heavy atom. The molecule has 6 heteroatoms. The summed E-state index contributed by atoms with van der Waals surface area (Å²) >= 11 is 8.45. The number of carbonyl (C=O) groups excluding carboxylic acids is 1. The highest BCUT2D eigenvalue weighted by atomic mass is 79.9. The minimum absolute atomic E-state index is 0.114. The summed E-state index contributed by atoms with van der Waals surface area (Å²) in [4.78, 5) is 12.2. The van der Waals surface area contributed by atoms with Crippen molar-refractivity contribution in [3.8, 4) is 5.75 Å². The smallest absolute Gasteiger partial charge is 0.258 e. The molecule has 0 saturated heterocycles. The molecule has 0 spiro atoms. The van der Waals surface area contributed by atoms with Gasteiger partial charge >= 0.3 is 0 Å². The zero-order valence-corrected chi connectivity index (χ0v) is 14.5. The fraction of sp³-hybridized carbons (Fsp3) is 0.125. The number of phenolic OH excluding ortho intramolecular Hbond substituents is 1. The van der Waals surface area contributed by atoms with Gasteiger partial charge in [-0.3, -0.25) is 10.1 Å². The fourth-order valence-electron chi connectivity index (χ4n) is 2.02. The Labute approximate surface area is 142 Å². The molecular formula is C16H15BrN2O2S. The average molecular weight is 379 g/mol. The Morgan fingerprint density at radius 3 is 2.59 bits per heavy atom. The van der Waals surface area contributed by atoms with Crippen LogP contribution < -0.4 is 10.6 Å². The third-order valence-corrected chi connectivity index (χ3v) is 3.93. The minimum atomic E-state index is -0.325. The number of amides is 1. The number of benzene rings is 2. The van der Waals surface area contributed by atoms with Gasteiger partial charge in [0.2, 0.25) is 0 Å². The van der Waals surface area contributed by atoms with Crippen LogP contribution in [0.3, 0.4) is 0 Å². The lowest BCUT2D eigenvalue weighted by Gasteiger charge is -2.13. The van der Waals surface area contributed by atoms with Gasteiger partial charge in [-0.2, -0.15) is 0 Å². The zero-order valence-electron chi connectivity index (χ0n) is 12.1. The first-order valence-corrected chi connectivity index (χ1v) is 7.75. The molecule has 0 heterocycles. The van der Waals surface area contributed by atoms with Crippen LogP contribution >= 0.6 is 28.1 Å². The number of halogens is 1. The molecule has 0 radical (unpaired) electrons. The summed E-state index contributed by atoms with van der Waals surface area (Å²) in [5, 5.41) is 15.6. The number of hydrogen-bond donors (Lipinski definition) is 3. The van der Waals surface area contributed by atoms with Gasteiger partial charge in [-0.1, -0.05) is 18.2 Å². The molecule has 0 fully saturated rings. The lowest BCUT2D eigenvalue weighted by atomic mass is 10.1. The first kappa shape index (κ1) is 16.5. The van der Waals surface area contributed by atoms with Crippen LogP contribution in [0.5, 0.6) is 5.75 Å². The number of hydrogen-bond acceptors (Lipinski definition) is 3. The van der Waals surface area contributed by atoms with E-state index in [1.165, 1.54) is 0 Å². The van der Waals surface area contributed by atoms with Crippen molar-refractivity contribution in [2.24, 2.45) is 0 Å². The van der Waals surface area contributed by atoms with Crippen LogP contribution in [0.4, 0.5) is 5.69 Å². The standard InChI is InChI=1S/C16H15BrN2O2S/c1-9-7-10(2)14(20)13(8-9)18-16(22)19-15(21)11-5-3-4-6-12(11)17/h3-8,20H,1-2H3,(H2,18,19,21,22). The number of carbonyl (C=O) groups is 1. The molecule has 0 aliphatic heterocycles. The molecule has 2 aromatic carbocycles. The van der Waals surface area contributed by atoms with E-state index in [1.807, 2.05) is 19.1 Å². The quantitative estimate of drug-likeness (QED) is 0.547. The van der Waals surface area contributed by atoms with Crippen LogP contribution in [-0.4, -0.2) is 16.1 Å². The van der Waals surface area contributed by atoms with Crippen LogP contribution in [0.25, 0.3) is 0 Å². The predicted octanol–water partition coefficient (Wildman–Crippen LogP) is 3.90. The van der Waals surface area contributed by atoms with Crippen molar-refractivity contribution in [3.63, 3.8) is 0 Å². The number of phenols is 1. The predicted molar refractivity (Wildman–Crippen MR) is 95.4 cm³/mol. The van der Waals surface area contributed by atoms with Crippen LogP contribution in [-0.2, 0) is 0 Å². The molecule has 114 valence electrons. The molecule has 0 saturated carbocycles. The number of nitrogens with one attached hydrogen (secondary N) is 2. The number of aryl methyl sites for hydroxylation is 2. The Balaban J connectivity index is 2.11. The molecule has 4 nitrogen and oxygen atoms in total. The Morgan fingerprint density at radius 1 is 1.23 bits per heavy atom. The maximum atomic E-state index is 12.2. The van der Waals surface area contributed by atoms with Crippen molar-refractivity contribution in [1.82, 2.24) is 5.32 Å². The monoisotopic (exact) mass is 378 g/mol. The highest BCUT2D eigenvalue weighted by Crippen LogP contribution is 2.28. The van der Waals surface area contributed by atoms with E-state index < -0.39 is 0 Å². The molecule has 0 atom stereocenters. The summed E-state index contributed by atoms with van der Waals surface area (Å²) in [6.45, 7) is 3.72. The fourth-order valence-corrected chi connectivity index (χ4v) is 2.69. The van der Waals surface area contributed by atoms with E-state index in [9.17, 15) is 9.90 Å². The second kappa shape index (κ2) is 6.89. The third kappa shape index (κ3) is 3.84. The molecule has 22 heavy (non-hydrogen) atoms. The molecule has 0 bridgehead atoms. The Kier molecular flexibility index (Phi) is 5.15. The third-order valence-electron chi connectivity index (χ3n) is 3.04. The maximum absolute atomic E-state index is 12.2. The molecule has 0 aliphatic carbocycles. The van der Waals surface area contributed by atoms with Gasteiger partial charge in [-0.05, 0) is 71.3 Å². The number of thiocarbonyl (C=S) groups is 1. The van der Waals surface area contributed by atoms with Gasteiger partial charge in [-0.15, -0.1) is 0 Å². The van der Waals surface area contributed by atoms with E-state index in [-0.39, 0.29) is 16.8 Å². The van der Waals surface area contributed by atoms with E-state index in [0.717, 1.165) is 11.1 Å². The van der Waals surface area contributed by atoms with Crippen LogP contribution in [0, 0.1) is 13.8 Å². The molecule has 0 aromatic heterocycles. The molecular weight excluding hydrogens is 364 g/mol. The number of aromatic hydroxyl groups is 1. The Hall–Kier alpha value is -1.92.